The van der Waals surface area contributed by atoms with E-state index in [0.29, 0.717) is 11.3 Å². The summed E-state index contributed by atoms with van der Waals surface area (Å²) in [5, 5.41) is 6.90. The molecule has 0 aromatic carbocycles. The van der Waals surface area contributed by atoms with Gasteiger partial charge in [0.2, 0.25) is 5.89 Å². The molecule has 80 valence electrons. The first-order valence-corrected chi connectivity index (χ1v) is 5.04. The Labute approximate surface area is 85.1 Å². The minimum atomic E-state index is 0.400. The molecule has 0 spiro atoms. The normalized spacial score (nSPS) is 11.9. The molecule has 14 heavy (non-hydrogen) atoms. The molecule has 0 saturated carbocycles. The summed E-state index contributed by atoms with van der Waals surface area (Å²) in [6.07, 6.45) is 3.42. The Morgan fingerprint density at radius 2 is 2.14 bits per heavy atom. The van der Waals surface area contributed by atoms with Gasteiger partial charge in [0, 0.05) is 13.0 Å². The number of aromatic nitrogens is 2. The van der Waals surface area contributed by atoms with E-state index in [0.717, 1.165) is 19.5 Å². The van der Waals surface area contributed by atoms with E-state index in [1.54, 1.807) is 0 Å². The first-order valence-electron chi connectivity index (χ1n) is 5.04. The van der Waals surface area contributed by atoms with Gasteiger partial charge in [0.05, 0.1) is 0 Å². The quantitative estimate of drug-likeness (QED) is 0.729. The molecule has 0 radical (unpaired) electrons. The van der Waals surface area contributed by atoms with E-state index in [9.17, 15) is 0 Å². The second kappa shape index (κ2) is 5.10. The Balaban J connectivity index is 2.00. The summed E-state index contributed by atoms with van der Waals surface area (Å²) in [5.74, 6) is 0.702. The molecule has 1 aromatic heterocycles. The van der Waals surface area contributed by atoms with Crippen molar-refractivity contribution in [1.82, 2.24) is 15.5 Å². The van der Waals surface area contributed by atoms with Crippen LogP contribution >= 0.6 is 0 Å². The fraction of sp³-hybridized carbons (Fsp3) is 0.800. The molecule has 0 fully saturated rings. The highest BCUT2D eigenvalue weighted by Crippen LogP contribution is 2.16. The van der Waals surface area contributed by atoms with Crippen LogP contribution in [-0.2, 0) is 6.42 Å². The summed E-state index contributed by atoms with van der Waals surface area (Å²) in [7, 11) is 0. The van der Waals surface area contributed by atoms with Crippen LogP contribution in [0, 0.1) is 5.41 Å². The molecule has 0 amide bonds. The summed E-state index contributed by atoms with van der Waals surface area (Å²) < 4.78 is 4.88. The Bertz CT molecular complexity index is 238. The molecule has 4 nitrogen and oxygen atoms in total. The molecule has 1 heterocycles. The Kier molecular flexibility index (Phi) is 4.07. The highest BCUT2D eigenvalue weighted by molar-refractivity contribution is 4.75. The van der Waals surface area contributed by atoms with E-state index in [1.807, 2.05) is 0 Å². The highest BCUT2D eigenvalue weighted by atomic mass is 16.5. The standard InChI is InChI=1S/C10H19N3O/c1-10(2,3)5-7-11-6-4-9-12-8-13-14-9/h8,11H,4-7H2,1-3H3. The van der Waals surface area contributed by atoms with Crippen molar-refractivity contribution in [2.75, 3.05) is 13.1 Å². The number of nitrogens with one attached hydrogen (secondary N) is 1. The van der Waals surface area contributed by atoms with Gasteiger partial charge >= 0.3 is 0 Å². The second-order valence-corrected chi connectivity index (χ2v) is 4.65. The van der Waals surface area contributed by atoms with Crippen molar-refractivity contribution >= 4 is 0 Å². The summed E-state index contributed by atoms with van der Waals surface area (Å²) >= 11 is 0. The highest BCUT2D eigenvalue weighted by Gasteiger charge is 2.08. The van der Waals surface area contributed by atoms with Crippen LogP contribution in [0.2, 0.25) is 0 Å². The van der Waals surface area contributed by atoms with Gasteiger partial charge in [-0.25, -0.2) is 0 Å². The minimum absolute atomic E-state index is 0.400. The summed E-state index contributed by atoms with van der Waals surface area (Å²) in [5.41, 5.74) is 0.400. The van der Waals surface area contributed by atoms with Crippen molar-refractivity contribution in [2.24, 2.45) is 5.41 Å². The summed E-state index contributed by atoms with van der Waals surface area (Å²) in [6, 6.07) is 0. The molecule has 0 aliphatic rings. The predicted octanol–water partition coefficient (Wildman–Crippen LogP) is 1.64. The first kappa shape index (κ1) is 11.2. The van der Waals surface area contributed by atoms with E-state index in [2.05, 4.69) is 36.2 Å². The van der Waals surface area contributed by atoms with Crippen LogP contribution in [0.4, 0.5) is 0 Å². The lowest BCUT2D eigenvalue weighted by atomic mass is 9.92. The van der Waals surface area contributed by atoms with Gasteiger partial charge in [-0.15, -0.1) is 0 Å². The average Bonchev–Trinajstić information content (AvgIpc) is 2.54. The Morgan fingerprint density at radius 3 is 2.71 bits per heavy atom. The lowest BCUT2D eigenvalue weighted by molar-refractivity contribution is 0.357. The fourth-order valence-electron chi connectivity index (χ4n) is 1.09. The van der Waals surface area contributed by atoms with Gasteiger partial charge in [-0.2, -0.15) is 4.98 Å². The van der Waals surface area contributed by atoms with Crippen LogP contribution < -0.4 is 5.32 Å². The van der Waals surface area contributed by atoms with Crippen LogP contribution in [0.1, 0.15) is 33.1 Å². The summed E-state index contributed by atoms with van der Waals surface area (Å²) in [6.45, 7) is 8.67. The van der Waals surface area contributed by atoms with E-state index in [4.69, 9.17) is 4.52 Å². The zero-order valence-electron chi connectivity index (χ0n) is 9.21. The molecule has 0 aliphatic carbocycles. The van der Waals surface area contributed by atoms with Crippen LogP contribution in [0.3, 0.4) is 0 Å². The fourth-order valence-corrected chi connectivity index (χ4v) is 1.09. The molecule has 4 heteroatoms. The van der Waals surface area contributed by atoms with Crippen molar-refractivity contribution in [2.45, 2.75) is 33.6 Å². The predicted molar refractivity (Wildman–Crippen MR) is 54.9 cm³/mol. The number of hydrogen-bond acceptors (Lipinski definition) is 4. The zero-order valence-corrected chi connectivity index (χ0v) is 9.21. The third-order valence-electron chi connectivity index (χ3n) is 1.97. The van der Waals surface area contributed by atoms with Gasteiger partial charge in [-0.1, -0.05) is 25.9 Å². The lowest BCUT2D eigenvalue weighted by Gasteiger charge is -2.17. The van der Waals surface area contributed by atoms with Crippen molar-refractivity contribution in [1.29, 1.82) is 0 Å². The van der Waals surface area contributed by atoms with Crippen molar-refractivity contribution < 1.29 is 4.52 Å². The second-order valence-electron chi connectivity index (χ2n) is 4.65. The number of rotatable bonds is 5. The van der Waals surface area contributed by atoms with Crippen molar-refractivity contribution in [3.63, 3.8) is 0 Å². The minimum Gasteiger partial charge on any atom is -0.340 e. The van der Waals surface area contributed by atoms with Crippen LogP contribution in [0.25, 0.3) is 0 Å². The SMILES string of the molecule is CC(C)(C)CCNCCc1ncno1. The van der Waals surface area contributed by atoms with Crippen LogP contribution in [-0.4, -0.2) is 23.2 Å². The van der Waals surface area contributed by atoms with Gasteiger partial charge in [0.25, 0.3) is 0 Å². The maximum absolute atomic E-state index is 4.88. The van der Waals surface area contributed by atoms with Crippen LogP contribution in [0.5, 0.6) is 0 Å². The lowest BCUT2D eigenvalue weighted by Crippen LogP contribution is -2.22. The van der Waals surface area contributed by atoms with Crippen molar-refractivity contribution in [3.05, 3.63) is 12.2 Å². The maximum atomic E-state index is 4.88. The zero-order chi connectivity index (χ0) is 10.4. The molecule has 0 bridgehead atoms. The summed E-state index contributed by atoms with van der Waals surface area (Å²) in [4.78, 5) is 3.94. The average molecular weight is 197 g/mol. The van der Waals surface area contributed by atoms with E-state index >= 15 is 0 Å². The van der Waals surface area contributed by atoms with Gasteiger partial charge in [-0.3, -0.25) is 0 Å². The molecule has 0 unspecified atom stereocenters. The monoisotopic (exact) mass is 197 g/mol. The van der Waals surface area contributed by atoms with E-state index in [1.165, 1.54) is 12.7 Å². The molecule has 1 N–H and O–H groups in total. The Morgan fingerprint density at radius 1 is 1.36 bits per heavy atom. The number of nitrogens with zero attached hydrogens (tertiary/aromatic N) is 2. The maximum Gasteiger partial charge on any atom is 0.227 e. The van der Waals surface area contributed by atoms with Crippen LogP contribution in [0.15, 0.2) is 10.9 Å². The van der Waals surface area contributed by atoms with Gasteiger partial charge < -0.3 is 9.84 Å². The van der Waals surface area contributed by atoms with Gasteiger partial charge in [0.15, 0.2) is 6.33 Å². The van der Waals surface area contributed by atoms with Gasteiger partial charge in [-0.05, 0) is 18.4 Å². The first-order chi connectivity index (χ1) is 6.58. The molecular weight excluding hydrogens is 178 g/mol. The topological polar surface area (TPSA) is 51.0 Å². The van der Waals surface area contributed by atoms with Crippen molar-refractivity contribution in [3.8, 4) is 0 Å². The molecule has 0 aliphatic heterocycles. The van der Waals surface area contributed by atoms with E-state index < -0.39 is 0 Å². The third kappa shape index (κ3) is 4.97. The van der Waals surface area contributed by atoms with Gasteiger partial charge in [0.1, 0.15) is 0 Å². The molecule has 0 saturated heterocycles. The molecular formula is C10H19N3O. The molecule has 1 aromatic rings. The molecule has 1 rings (SSSR count). The Hall–Kier alpha value is -0.900. The largest absolute Gasteiger partial charge is 0.340 e. The molecule has 0 atom stereocenters. The number of hydrogen-bond donors (Lipinski definition) is 1. The van der Waals surface area contributed by atoms with E-state index in [-0.39, 0.29) is 0 Å². The third-order valence-corrected chi connectivity index (χ3v) is 1.97. The smallest absolute Gasteiger partial charge is 0.227 e.